The zero-order valence-corrected chi connectivity index (χ0v) is 16.4. The molecule has 0 aliphatic carbocycles. The van der Waals surface area contributed by atoms with Crippen LogP contribution in [0.5, 0.6) is 0 Å². The summed E-state index contributed by atoms with van der Waals surface area (Å²) in [5, 5.41) is 14.0. The molecular formula is C21H23N5O2. The van der Waals surface area contributed by atoms with Crippen LogP contribution in [0, 0.1) is 6.92 Å². The summed E-state index contributed by atoms with van der Waals surface area (Å²) in [6.45, 7) is 8.47. The summed E-state index contributed by atoms with van der Waals surface area (Å²) in [4.78, 5) is 23.8. The number of hydrogen-bond acceptors (Lipinski definition) is 4. The lowest BCUT2D eigenvalue weighted by Gasteiger charge is -2.25. The second-order valence-corrected chi connectivity index (χ2v) is 8.22. The van der Waals surface area contributed by atoms with Gasteiger partial charge in [-0.05, 0) is 29.5 Å². The van der Waals surface area contributed by atoms with Crippen LogP contribution in [0.3, 0.4) is 0 Å². The predicted octanol–water partition coefficient (Wildman–Crippen LogP) is 3.04. The van der Waals surface area contributed by atoms with E-state index in [-0.39, 0.29) is 22.8 Å². The van der Waals surface area contributed by atoms with Crippen LogP contribution in [0.25, 0.3) is 5.82 Å². The molecule has 0 bridgehead atoms. The standard InChI is InChI=1S/C21H23N5O2/c1-12-19-15(13-5-7-14(8-6-13)21(2,3)4)11-18(28)22-20(19)26(25-12)16-9-10-17(27)24-23-16/h5-10,15H,11H2,1-4H3,(H,22,28)(H,24,27)/t15-/m1/s1. The average Bonchev–Trinajstić information content (AvgIpc) is 2.97. The number of carbonyl (C=O) groups excluding carboxylic acids is 1. The predicted molar refractivity (Wildman–Crippen MR) is 107 cm³/mol. The van der Waals surface area contributed by atoms with Crippen LogP contribution < -0.4 is 10.9 Å². The molecule has 3 aromatic rings. The topological polar surface area (TPSA) is 92.7 Å². The van der Waals surface area contributed by atoms with Gasteiger partial charge < -0.3 is 5.32 Å². The number of aromatic amines is 1. The molecule has 0 spiro atoms. The Morgan fingerprint density at radius 1 is 1.07 bits per heavy atom. The average molecular weight is 377 g/mol. The highest BCUT2D eigenvalue weighted by atomic mass is 16.1. The van der Waals surface area contributed by atoms with E-state index in [1.54, 1.807) is 10.7 Å². The maximum Gasteiger partial charge on any atom is 0.264 e. The first-order chi connectivity index (χ1) is 13.2. The van der Waals surface area contributed by atoms with Crippen molar-refractivity contribution in [2.45, 2.75) is 45.4 Å². The quantitative estimate of drug-likeness (QED) is 0.718. The minimum absolute atomic E-state index is 0.0667. The van der Waals surface area contributed by atoms with Crippen molar-refractivity contribution < 1.29 is 4.79 Å². The van der Waals surface area contributed by atoms with E-state index in [0.29, 0.717) is 18.1 Å². The van der Waals surface area contributed by atoms with Crippen LogP contribution in [-0.2, 0) is 10.2 Å². The lowest BCUT2D eigenvalue weighted by molar-refractivity contribution is -0.116. The Hall–Kier alpha value is -3.22. The number of amides is 1. The Bertz CT molecular complexity index is 1080. The molecule has 0 radical (unpaired) electrons. The molecule has 1 atom stereocenters. The molecule has 3 heterocycles. The Kier molecular flexibility index (Phi) is 4.18. The number of H-pyrrole nitrogens is 1. The van der Waals surface area contributed by atoms with Crippen LogP contribution in [0.1, 0.15) is 55.5 Å². The van der Waals surface area contributed by atoms with E-state index in [4.69, 9.17) is 0 Å². The van der Waals surface area contributed by atoms with Gasteiger partial charge in [-0.25, -0.2) is 5.10 Å². The van der Waals surface area contributed by atoms with Gasteiger partial charge in [0.05, 0.1) is 5.69 Å². The number of aromatic nitrogens is 4. The zero-order chi connectivity index (χ0) is 20.1. The fourth-order valence-electron chi connectivity index (χ4n) is 3.67. The largest absolute Gasteiger partial charge is 0.310 e. The number of carbonyl (C=O) groups is 1. The Morgan fingerprint density at radius 2 is 1.79 bits per heavy atom. The molecule has 1 amide bonds. The van der Waals surface area contributed by atoms with E-state index >= 15 is 0 Å². The fraction of sp³-hybridized carbons (Fsp3) is 0.333. The molecule has 0 fully saturated rings. The van der Waals surface area contributed by atoms with Crippen molar-refractivity contribution >= 4 is 11.7 Å². The van der Waals surface area contributed by atoms with Gasteiger partial charge >= 0.3 is 0 Å². The van der Waals surface area contributed by atoms with Gasteiger partial charge in [-0.2, -0.15) is 14.9 Å². The van der Waals surface area contributed by atoms with Crippen molar-refractivity contribution in [3.05, 3.63) is 69.1 Å². The Balaban J connectivity index is 1.80. The number of aryl methyl sites for hydroxylation is 1. The van der Waals surface area contributed by atoms with E-state index in [1.807, 2.05) is 6.92 Å². The Morgan fingerprint density at radius 3 is 2.39 bits per heavy atom. The van der Waals surface area contributed by atoms with Gasteiger partial charge in [-0.15, -0.1) is 0 Å². The zero-order valence-electron chi connectivity index (χ0n) is 16.4. The fourth-order valence-corrected chi connectivity index (χ4v) is 3.67. The lowest BCUT2D eigenvalue weighted by atomic mass is 9.82. The molecule has 0 saturated heterocycles. The van der Waals surface area contributed by atoms with E-state index in [2.05, 4.69) is 65.6 Å². The number of hydrogen-bond donors (Lipinski definition) is 2. The summed E-state index contributed by atoms with van der Waals surface area (Å²) in [5.74, 6) is 0.920. The lowest BCUT2D eigenvalue weighted by Crippen LogP contribution is -2.25. The first kappa shape index (κ1) is 18.2. The third-order valence-corrected chi connectivity index (χ3v) is 5.16. The summed E-state index contributed by atoms with van der Waals surface area (Å²) < 4.78 is 1.58. The van der Waals surface area contributed by atoms with Crippen molar-refractivity contribution in [3.8, 4) is 5.82 Å². The molecule has 0 unspecified atom stereocenters. The third kappa shape index (κ3) is 3.13. The smallest absolute Gasteiger partial charge is 0.264 e. The first-order valence-electron chi connectivity index (χ1n) is 9.30. The molecule has 28 heavy (non-hydrogen) atoms. The SMILES string of the molecule is Cc1nn(-c2ccc(=O)[nH]n2)c2c1[C@@H](c1ccc(C(C)(C)C)cc1)CC(=O)N2. The monoisotopic (exact) mass is 377 g/mol. The molecule has 7 heteroatoms. The van der Waals surface area contributed by atoms with Gasteiger partial charge in [-0.3, -0.25) is 9.59 Å². The molecule has 7 nitrogen and oxygen atoms in total. The van der Waals surface area contributed by atoms with Crippen molar-refractivity contribution in [2.24, 2.45) is 0 Å². The van der Waals surface area contributed by atoms with Crippen molar-refractivity contribution in [2.75, 3.05) is 5.32 Å². The van der Waals surface area contributed by atoms with Crippen LogP contribution in [-0.4, -0.2) is 25.9 Å². The maximum absolute atomic E-state index is 12.5. The highest BCUT2D eigenvalue weighted by Gasteiger charge is 2.33. The molecule has 2 N–H and O–H groups in total. The summed E-state index contributed by atoms with van der Waals surface area (Å²) in [5.41, 5.74) is 3.93. The normalized spacial score (nSPS) is 16.6. The minimum atomic E-state index is -0.289. The second kappa shape index (κ2) is 6.44. The molecule has 2 aromatic heterocycles. The molecular weight excluding hydrogens is 354 g/mol. The van der Waals surface area contributed by atoms with Crippen molar-refractivity contribution in [1.29, 1.82) is 0 Å². The van der Waals surface area contributed by atoms with Crippen LogP contribution in [0.2, 0.25) is 0 Å². The number of anilines is 1. The van der Waals surface area contributed by atoms with Gasteiger partial charge in [0.1, 0.15) is 5.82 Å². The summed E-state index contributed by atoms with van der Waals surface area (Å²) in [7, 11) is 0. The number of rotatable bonds is 2. The van der Waals surface area contributed by atoms with Gasteiger partial charge in [0.2, 0.25) is 5.91 Å². The van der Waals surface area contributed by atoms with Crippen LogP contribution in [0.15, 0.2) is 41.2 Å². The molecule has 1 aliphatic rings. The van der Waals surface area contributed by atoms with Crippen LogP contribution in [0.4, 0.5) is 5.82 Å². The third-order valence-electron chi connectivity index (χ3n) is 5.16. The minimum Gasteiger partial charge on any atom is -0.310 e. The van der Waals surface area contributed by atoms with Gasteiger partial charge in [-0.1, -0.05) is 45.0 Å². The van der Waals surface area contributed by atoms with Gasteiger partial charge in [0.15, 0.2) is 5.82 Å². The number of nitrogens with one attached hydrogen (secondary N) is 2. The molecule has 0 saturated carbocycles. The van der Waals surface area contributed by atoms with Gasteiger partial charge in [0.25, 0.3) is 5.56 Å². The second-order valence-electron chi connectivity index (χ2n) is 8.22. The van der Waals surface area contributed by atoms with Crippen LogP contribution >= 0.6 is 0 Å². The highest BCUT2D eigenvalue weighted by Crippen LogP contribution is 2.40. The number of fused-ring (bicyclic) bond motifs is 1. The summed E-state index contributed by atoms with van der Waals surface area (Å²) in [6.07, 6.45) is 0.369. The molecule has 1 aromatic carbocycles. The molecule has 144 valence electrons. The first-order valence-corrected chi connectivity index (χ1v) is 9.30. The number of benzene rings is 1. The van der Waals surface area contributed by atoms with E-state index in [9.17, 15) is 9.59 Å². The van der Waals surface area contributed by atoms with E-state index in [0.717, 1.165) is 16.8 Å². The summed E-state index contributed by atoms with van der Waals surface area (Å²) in [6, 6.07) is 11.4. The summed E-state index contributed by atoms with van der Waals surface area (Å²) >= 11 is 0. The van der Waals surface area contributed by atoms with Crippen molar-refractivity contribution in [1.82, 2.24) is 20.0 Å². The van der Waals surface area contributed by atoms with E-state index in [1.165, 1.54) is 11.6 Å². The maximum atomic E-state index is 12.5. The highest BCUT2D eigenvalue weighted by molar-refractivity contribution is 5.95. The van der Waals surface area contributed by atoms with Gasteiger partial charge in [0, 0.05) is 24.0 Å². The van der Waals surface area contributed by atoms with Crippen molar-refractivity contribution in [3.63, 3.8) is 0 Å². The molecule has 4 rings (SSSR count). The van der Waals surface area contributed by atoms with E-state index < -0.39 is 0 Å². The Labute approximate surface area is 162 Å². The molecule has 1 aliphatic heterocycles. The number of nitrogens with zero attached hydrogens (tertiary/aromatic N) is 3.